The van der Waals surface area contributed by atoms with Crippen molar-refractivity contribution >= 4 is 80.3 Å². The fourth-order valence-corrected chi connectivity index (χ4v) is 9.22. The summed E-state index contributed by atoms with van der Waals surface area (Å²) in [5, 5.41) is 22.2. The van der Waals surface area contributed by atoms with Crippen LogP contribution in [0, 0.1) is 0 Å². The van der Waals surface area contributed by atoms with E-state index in [2.05, 4.69) is 76.5 Å². The molecule has 0 bridgehead atoms. The van der Waals surface area contributed by atoms with Gasteiger partial charge in [-0.05, 0) is 153 Å². The molecule has 16 nitrogen and oxygen atoms in total. The Morgan fingerprint density at radius 3 is 1.96 bits per heavy atom. The quantitative estimate of drug-likeness (QED) is 0.108. The van der Waals surface area contributed by atoms with Crippen LogP contribution in [0.2, 0.25) is 0 Å². The molecule has 10 rings (SSSR count). The normalized spacial score (nSPS) is 15.3. The number of nitrogens with one attached hydrogen (secondary N) is 4. The first kappa shape index (κ1) is 47.1. The lowest BCUT2D eigenvalue weighted by molar-refractivity contribution is -0.115. The van der Waals surface area contributed by atoms with Crippen LogP contribution >= 0.6 is 28.3 Å². The third kappa shape index (κ3) is 10.6. The smallest absolute Gasteiger partial charge is 0.410 e. The van der Waals surface area contributed by atoms with Gasteiger partial charge in [0.05, 0.1) is 66.8 Å². The Morgan fingerprint density at radius 2 is 1.34 bits per heavy atom. The summed E-state index contributed by atoms with van der Waals surface area (Å²) in [6, 6.07) is 26.3. The first-order valence-corrected chi connectivity index (χ1v) is 23.1. The largest absolute Gasteiger partial charge is 0.495 e. The zero-order valence-electron chi connectivity index (χ0n) is 38.1. The maximum atomic E-state index is 12.3. The van der Waals surface area contributed by atoms with Crippen molar-refractivity contribution in [3.63, 3.8) is 0 Å². The van der Waals surface area contributed by atoms with Gasteiger partial charge < -0.3 is 40.4 Å². The first-order chi connectivity index (χ1) is 31.9. The third-order valence-corrected chi connectivity index (χ3v) is 12.8. The second kappa shape index (κ2) is 20.2. The third-order valence-electron chi connectivity index (χ3n) is 12.2. The van der Waals surface area contributed by atoms with E-state index in [0.29, 0.717) is 43.2 Å². The molecule has 350 valence electrons. The summed E-state index contributed by atoms with van der Waals surface area (Å²) in [6.45, 7) is 9.13. The van der Waals surface area contributed by atoms with Gasteiger partial charge in [-0.15, -0.1) is 22.6 Å². The van der Waals surface area contributed by atoms with Crippen LogP contribution < -0.4 is 30.7 Å². The number of halogens is 2. The number of para-hydroxylation sites is 1. The molecule has 0 atom stereocenters. The Balaban J connectivity index is 0.000000179. The number of rotatable bonds is 9. The van der Waals surface area contributed by atoms with Crippen LogP contribution in [-0.4, -0.2) is 92.1 Å². The van der Waals surface area contributed by atoms with Gasteiger partial charge in [-0.2, -0.15) is 0 Å². The number of anilines is 5. The number of ether oxygens (including phenoxy) is 3. The van der Waals surface area contributed by atoms with Gasteiger partial charge in [0.1, 0.15) is 21.7 Å². The van der Waals surface area contributed by atoms with Crippen molar-refractivity contribution in [2.45, 2.75) is 70.3 Å². The molecule has 2 fully saturated rings. The zero-order chi connectivity index (χ0) is 46.0. The molecular formula is C49H55BrClN11O5. The lowest BCUT2D eigenvalue weighted by Crippen LogP contribution is -2.41. The van der Waals surface area contributed by atoms with Crippen LogP contribution in [0.4, 0.5) is 33.8 Å². The molecule has 4 aromatic heterocycles. The minimum atomic E-state index is -0.476. The van der Waals surface area contributed by atoms with E-state index in [9.17, 15) is 9.59 Å². The number of aromatic nitrogens is 6. The Bertz CT molecular complexity index is 2900. The summed E-state index contributed by atoms with van der Waals surface area (Å²) in [4.78, 5) is 35.0. The van der Waals surface area contributed by atoms with Crippen molar-refractivity contribution in [1.29, 1.82) is 0 Å². The van der Waals surface area contributed by atoms with Crippen LogP contribution in [-0.2, 0) is 16.0 Å². The molecule has 0 spiro atoms. The highest BCUT2D eigenvalue weighted by atomic mass is 79.9. The number of hydrogen-bond donors (Lipinski definition) is 4. The molecule has 3 aliphatic heterocycles. The van der Waals surface area contributed by atoms with Gasteiger partial charge in [-0.3, -0.25) is 4.79 Å². The molecule has 67 heavy (non-hydrogen) atoms. The molecule has 3 aliphatic rings. The molecule has 2 amide bonds. The number of hydrogen-bond acceptors (Lipinski definition) is 12. The molecule has 3 aromatic carbocycles. The predicted octanol–water partition coefficient (Wildman–Crippen LogP) is 9.89. The molecule has 4 N–H and O–H groups in total. The molecule has 0 unspecified atom stereocenters. The van der Waals surface area contributed by atoms with Gasteiger partial charge in [0.2, 0.25) is 17.8 Å². The SMILES string of the molecule is COc1cc(C2CCN(C(=O)OC(C)(C)C)CC2)ccc1Nc1ncc2ccc(Br)n2n1.COc1cc(C2CCNCC2)ccc1Nc1ncc2ccc(-c3cccc4c3NC(=O)C4)n2n1.Cl. The lowest BCUT2D eigenvalue weighted by Gasteiger charge is -2.33. The van der Waals surface area contributed by atoms with Gasteiger partial charge in [0.15, 0.2) is 0 Å². The van der Waals surface area contributed by atoms with E-state index in [4.69, 9.17) is 19.3 Å². The maximum Gasteiger partial charge on any atom is 0.410 e. The average molecular weight is 993 g/mol. The van der Waals surface area contributed by atoms with Gasteiger partial charge >= 0.3 is 6.09 Å². The van der Waals surface area contributed by atoms with Gasteiger partial charge in [0, 0.05) is 18.7 Å². The van der Waals surface area contributed by atoms with Gasteiger partial charge in [-0.1, -0.05) is 30.3 Å². The number of nitrogens with zero attached hydrogens (tertiary/aromatic N) is 7. The van der Waals surface area contributed by atoms with Crippen molar-refractivity contribution in [3.05, 3.63) is 113 Å². The van der Waals surface area contributed by atoms with E-state index in [1.165, 1.54) is 11.1 Å². The summed E-state index contributed by atoms with van der Waals surface area (Å²) in [7, 11) is 3.34. The highest BCUT2D eigenvalue weighted by molar-refractivity contribution is 9.10. The minimum Gasteiger partial charge on any atom is -0.495 e. The maximum absolute atomic E-state index is 12.3. The molecular weight excluding hydrogens is 938 g/mol. The minimum absolute atomic E-state index is 0. The number of benzene rings is 3. The Labute approximate surface area is 403 Å². The Morgan fingerprint density at radius 1 is 0.761 bits per heavy atom. The van der Waals surface area contributed by atoms with Crippen molar-refractivity contribution < 1.29 is 23.8 Å². The highest BCUT2D eigenvalue weighted by Gasteiger charge is 2.28. The number of fused-ring (bicyclic) bond motifs is 3. The van der Waals surface area contributed by atoms with Crippen LogP contribution in [0.15, 0.2) is 95.9 Å². The van der Waals surface area contributed by atoms with Crippen molar-refractivity contribution in [3.8, 4) is 22.8 Å². The monoisotopic (exact) mass is 991 g/mol. The number of methoxy groups -OCH3 is 2. The van der Waals surface area contributed by atoms with Crippen LogP contribution in [0.5, 0.6) is 11.5 Å². The lowest BCUT2D eigenvalue weighted by atomic mass is 9.89. The summed E-state index contributed by atoms with van der Waals surface area (Å²) < 4.78 is 21.3. The molecule has 0 saturated carbocycles. The number of amides is 2. The van der Waals surface area contributed by atoms with Gasteiger partial charge in [0.25, 0.3) is 0 Å². The van der Waals surface area contributed by atoms with Crippen molar-refractivity contribution in [2.24, 2.45) is 0 Å². The fourth-order valence-electron chi connectivity index (χ4n) is 8.80. The van der Waals surface area contributed by atoms with Crippen LogP contribution in [0.25, 0.3) is 22.3 Å². The van der Waals surface area contributed by atoms with E-state index in [0.717, 1.165) is 99.8 Å². The van der Waals surface area contributed by atoms with Gasteiger partial charge in [-0.25, -0.2) is 23.8 Å². The first-order valence-electron chi connectivity index (χ1n) is 22.3. The summed E-state index contributed by atoms with van der Waals surface area (Å²) in [6.07, 6.45) is 7.76. The molecule has 0 aliphatic carbocycles. The molecule has 7 aromatic rings. The summed E-state index contributed by atoms with van der Waals surface area (Å²) in [5.41, 5.74) is 9.11. The van der Waals surface area contributed by atoms with E-state index in [1.807, 2.05) is 79.9 Å². The van der Waals surface area contributed by atoms with Crippen molar-refractivity contribution in [1.82, 2.24) is 39.4 Å². The number of carbonyl (C=O) groups excluding carboxylic acids is 2. The van der Waals surface area contributed by atoms with Crippen molar-refractivity contribution in [2.75, 3.05) is 56.3 Å². The van der Waals surface area contributed by atoms with E-state index in [1.54, 1.807) is 36.0 Å². The predicted molar refractivity (Wildman–Crippen MR) is 266 cm³/mol. The van der Waals surface area contributed by atoms with E-state index >= 15 is 0 Å². The Kier molecular flexibility index (Phi) is 14.2. The number of carbonyl (C=O) groups is 2. The fraction of sp³-hybridized carbons (Fsp3) is 0.347. The summed E-state index contributed by atoms with van der Waals surface area (Å²) >= 11 is 3.48. The molecule has 18 heteroatoms. The molecule has 7 heterocycles. The zero-order valence-corrected chi connectivity index (χ0v) is 40.5. The molecule has 2 saturated heterocycles. The molecule has 0 radical (unpaired) electrons. The van der Waals surface area contributed by atoms with E-state index in [-0.39, 0.29) is 24.4 Å². The number of likely N-dealkylation sites (tertiary alicyclic amines) is 1. The topological polar surface area (TPSA) is 174 Å². The Hall–Kier alpha value is -6.43. The average Bonchev–Trinajstić information content (AvgIpc) is 4.04. The second-order valence-corrected chi connectivity index (χ2v) is 18.5. The van der Waals surface area contributed by atoms with Crippen LogP contribution in [0.1, 0.15) is 75.0 Å². The highest BCUT2D eigenvalue weighted by Crippen LogP contribution is 2.38. The summed E-state index contributed by atoms with van der Waals surface area (Å²) in [5.74, 6) is 3.37. The van der Waals surface area contributed by atoms with Crippen LogP contribution in [0.3, 0.4) is 0 Å². The number of piperidine rings is 2. The van der Waals surface area contributed by atoms with E-state index < -0.39 is 5.60 Å². The second-order valence-electron chi connectivity index (χ2n) is 17.7. The standard InChI is InChI=1S/C26H26N6O2.C23H28BrN5O3.ClH/c1-34-23-13-17(16-9-11-27-12-10-16)5-7-21(23)29-26-28-15-19-6-8-22(32(19)31-26)20-4-2-3-18-14-24(33)30-25(18)20;1-23(2,3)32-22(30)28-11-9-15(10-12-28)16-5-7-18(19(13-16)31-4)26-21-25-14-17-6-8-20(24)29(17)27-21;/h2-8,13,15-16,27H,9-12,14H2,1H3,(H,29,31)(H,30,33);5-8,13-15H,9-12H2,1-4H3,(H,26,27);1H.